The van der Waals surface area contributed by atoms with E-state index in [1.807, 2.05) is 11.8 Å². The van der Waals surface area contributed by atoms with Gasteiger partial charge in [-0.25, -0.2) is 0 Å². The first-order valence-electron chi connectivity index (χ1n) is 8.76. The number of hydrogen-bond acceptors (Lipinski definition) is 4. The number of hydrogen-bond donors (Lipinski definition) is 1. The molecule has 0 radical (unpaired) electrons. The maximum Gasteiger partial charge on any atom is 0.147 e. The Kier molecular flexibility index (Phi) is 4.05. The number of fused-ring (bicyclic) bond motifs is 2. The van der Waals surface area contributed by atoms with Gasteiger partial charge in [-0.1, -0.05) is 6.42 Å². The molecule has 4 rings (SSSR count). The van der Waals surface area contributed by atoms with E-state index in [1.54, 1.807) is 0 Å². The van der Waals surface area contributed by atoms with Crippen LogP contribution in [0.25, 0.3) is 0 Å². The third-order valence-corrected chi connectivity index (χ3v) is 7.29. The number of rotatable bonds is 4. The van der Waals surface area contributed by atoms with Gasteiger partial charge >= 0.3 is 0 Å². The molecule has 2 heterocycles. The van der Waals surface area contributed by atoms with Gasteiger partial charge in [0.15, 0.2) is 0 Å². The van der Waals surface area contributed by atoms with Crippen LogP contribution in [-0.4, -0.2) is 35.7 Å². The summed E-state index contributed by atoms with van der Waals surface area (Å²) in [5.41, 5.74) is 0.305. The average Bonchev–Trinajstić information content (AvgIpc) is 3.16. The molecule has 0 amide bonds. The quantitative estimate of drug-likeness (QED) is 0.864. The summed E-state index contributed by atoms with van der Waals surface area (Å²) in [5.74, 6) is 2.77. The summed E-state index contributed by atoms with van der Waals surface area (Å²) in [6, 6.07) is 0.740. The monoisotopic (exact) mass is 308 g/mol. The zero-order valence-electron chi connectivity index (χ0n) is 13.1. The lowest BCUT2D eigenvalue weighted by Crippen LogP contribution is -2.39. The fourth-order valence-corrected chi connectivity index (χ4v) is 6.20. The molecule has 21 heavy (non-hydrogen) atoms. The van der Waals surface area contributed by atoms with Crippen molar-refractivity contribution in [3.05, 3.63) is 0 Å². The fourth-order valence-electron chi connectivity index (χ4n) is 4.87. The largest absolute Gasteiger partial charge is 0.381 e. The molecule has 2 aliphatic carbocycles. The minimum absolute atomic E-state index is 0.233. The van der Waals surface area contributed by atoms with Gasteiger partial charge in [-0.05, 0) is 63.2 Å². The summed E-state index contributed by atoms with van der Waals surface area (Å²) in [5, 5.41) is 3.84. The average molecular weight is 308 g/mol. The number of nitrogens with zero attached hydrogens (tertiary/aromatic N) is 1. The predicted molar refractivity (Wildman–Crippen MR) is 88.8 cm³/mol. The summed E-state index contributed by atoms with van der Waals surface area (Å²) < 4.78 is 5.72. The highest BCUT2D eigenvalue weighted by Gasteiger charge is 2.42. The standard InChI is InChI=1S/C17H28N2OS/c1-17(10-12-4-6-20-7-5-12)11-18-16(21-17)19-15-9-13-2-3-14(15)8-13/h11-16,19H,2-10H2,1H3/t13-,14+,15+,16?,17?/m1/s1. The molecule has 3 fully saturated rings. The van der Waals surface area contributed by atoms with Crippen LogP contribution in [0.2, 0.25) is 0 Å². The predicted octanol–water partition coefficient (Wildman–Crippen LogP) is 3.44. The van der Waals surface area contributed by atoms with E-state index in [9.17, 15) is 0 Å². The summed E-state index contributed by atoms with van der Waals surface area (Å²) in [6.07, 6.45) is 11.8. The van der Waals surface area contributed by atoms with Gasteiger partial charge in [0.1, 0.15) is 5.50 Å². The highest BCUT2D eigenvalue weighted by Crippen LogP contribution is 2.46. The normalized spacial score (nSPS) is 46.5. The smallest absolute Gasteiger partial charge is 0.147 e. The van der Waals surface area contributed by atoms with Crippen LogP contribution in [0.1, 0.15) is 51.9 Å². The molecule has 0 aromatic carbocycles. The van der Waals surface area contributed by atoms with Gasteiger partial charge in [-0.3, -0.25) is 10.3 Å². The van der Waals surface area contributed by atoms with Gasteiger partial charge < -0.3 is 4.74 Å². The first kappa shape index (κ1) is 14.5. The van der Waals surface area contributed by atoms with Crippen molar-refractivity contribution in [1.82, 2.24) is 5.32 Å². The Bertz CT molecular complexity index is 410. The zero-order valence-corrected chi connectivity index (χ0v) is 13.9. The highest BCUT2D eigenvalue weighted by molar-refractivity contribution is 8.02. The Morgan fingerprint density at radius 1 is 1.24 bits per heavy atom. The molecule has 1 N–H and O–H groups in total. The van der Waals surface area contributed by atoms with Crippen LogP contribution in [-0.2, 0) is 4.74 Å². The minimum atomic E-state index is 0.233. The Hall–Kier alpha value is -0.0600. The van der Waals surface area contributed by atoms with Gasteiger partial charge in [0.25, 0.3) is 0 Å². The third-order valence-electron chi connectivity index (χ3n) is 5.99. The van der Waals surface area contributed by atoms with Gasteiger partial charge in [-0.2, -0.15) is 0 Å². The lowest BCUT2D eigenvalue weighted by atomic mass is 9.90. The first-order chi connectivity index (χ1) is 10.2. The molecule has 5 atom stereocenters. The second-order valence-corrected chi connectivity index (χ2v) is 9.38. The maximum atomic E-state index is 5.48. The Balaban J connectivity index is 1.29. The van der Waals surface area contributed by atoms with Crippen LogP contribution in [0.3, 0.4) is 0 Å². The van der Waals surface area contributed by atoms with Crippen molar-refractivity contribution in [1.29, 1.82) is 0 Å². The first-order valence-corrected chi connectivity index (χ1v) is 9.64. The van der Waals surface area contributed by atoms with Crippen molar-refractivity contribution >= 4 is 18.0 Å². The van der Waals surface area contributed by atoms with Gasteiger partial charge in [0.05, 0.1) is 4.75 Å². The summed E-state index contributed by atoms with van der Waals surface area (Å²) in [7, 11) is 0. The van der Waals surface area contributed by atoms with E-state index in [0.717, 1.165) is 37.0 Å². The molecule has 0 aromatic heterocycles. The second kappa shape index (κ2) is 5.86. The Labute approximate surface area is 132 Å². The maximum absolute atomic E-state index is 5.48. The molecule has 1 saturated heterocycles. The number of nitrogens with one attached hydrogen (secondary N) is 1. The van der Waals surface area contributed by atoms with E-state index in [2.05, 4.69) is 18.5 Å². The van der Waals surface area contributed by atoms with Crippen molar-refractivity contribution in [2.75, 3.05) is 13.2 Å². The Morgan fingerprint density at radius 2 is 2.10 bits per heavy atom. The Morgan fingerprint density at radius 3 is 2.81 bits per heavy atom. The summed E-state index contributed by atoms with van der Waals surface area (Å²) in [4.78, 5) is 4.80. The molecule has 2 unspecified atom stereocenters. The summed E-state index contributed by atoms with van der Waals surface area (Å²) in [6.45, 7) is 4.28. The molecule has 118 valence electrons. The number of aliphatic imine (C=N–C) groups is 1. The van der Waals surface area contributed by atoms with Crippen molar-refractivity contribution in [3.8, 4) is 0 Å². The van der Waals surface area contributed by atoms with E-state index in [1.165, 1.54) is 44.9 Å². The molecule has 0 spiro atoms. The van der Waals surface area contributed by atoms with Crippen molar-refractivity contribution in [3.63, 3.8) is 0 Å². The molecule has 4 aliphatic rings. The third kappa shape index (κ3) is 3.18. The number of thioether (sulfide) groups is 1. The van der Waals surface area contributed by atoms with E-state index in [4.69, 9.17) is 9.73 Å². The topological polar surface area (TPSA) is 33.6 Å². The van der Waals surface area contributed by atoms with Crippen molar-refractivity contribution < 1.29 is 4.74 Å². The van der Waals surface area contributed by atoms with Gasteiger partial charge in [0.2, 0.25) is 0 Å². The fraction of sp³-hybridized carbons (Fsp3) is 0.941. The van der Waals surface area contributed by atoms with Crippen LogP contribution in [0.4, 0.5) is 0 Å². The summed E-state index contributed by atoms with van der Waals surface area (Å²) >= 11 is 2.05. The van der Waals surface area contributed by atoms with E-state index in [0.29, 0.717) is 5.50 Å². The lowest BCUT2D eigenvalue weighted by Gasteiger charge is -2.31. The molecular formula is C17H28N2OS. The second-order valence-electron chi connectivity index (χ2n) is 7.77. The van der Waals surface area contributed by atoms with E-state index in [-0.39, 0.29) is 4.75 Å². The molecule has 4 heteroatoms. The van der Waals surface area contributed by atoms with Crippen LogP contribution >= 0.6 is 11.8 Å². The van der Waals surface area contributed by atoms with E-state index >= 15 is 0 Å². The molecule has 0 aromatic rings. The molecule has 2 saturated carbocycles. The SMILES string of the molecule is CC1(CC2CCOCC2)C=NC(N[C@H]2C[C@@H]3CC[C@H]2C3)S1. The molecule has 2 aliphatic heterocycles. The van der Waals surface area contributed by atoms with Crippen LogP contribution in [0.15, 0.2) is 4.99 Å². The van der Waals surface area contributed by atoms with Crippen LogP contribution < -0.4 is 5.32 Å². The molecule has 2 bridgehead atoms. The van der Waals surface area contributed by atoms with Gasteiger partial charge in [0, 0.05) is 25.5 Å². The van der Waals surface area contributed by atoms with E-state index < -0.39 is 0 Å². The molecule has 3 nitrogen and oxygen atoms in total. The minimum Gasteiger partial charge on any atom is -0.381 e. The van der Waals surface area contributed by atoms with Crippen LogP contribution in [0, 0.1) is 17.8 Å². The van der Waals surface area contributed by atoms with Crippen molar-refractivity contribution in [2.45, 2.75) is 68.2 Å². The van der Waals surface area contributed by atoms with Crippen molar-refractivity contribution in [2.24, 2.45) is 22.7 Å². The zero-order chi connectivity index (χ0) is 14.3. The van der Waals surface area contributed by atoms with Gasteiger partial charge in [-0.15, -0.1) is 11.8 Å². The van der Waals surface area contributed by atoms with Crippen LogP contribution in [0.5, 0.6) is 0 Å². The number of ether oxygens (including phenoxy) is 1. The lowest BCUT2D eigenvalue weighted by molar-refractivity contribution is 0.0631. The molecular weight excluding hydrogens is 280 g/mol. The highest BCUT2D eigenvalue weighted by atomic mass is 32.2.